The Bertz CT molecular complexity index is 753. The van der Waals surface area contributed by atoms with Crippen molar-refractivity contribution in [2.24, 2.45) is 0 Å². The second-order valence-electron chi connectivity index (χ2n) is 7.63. The lowest BCUT2D eigenvalue weighted by Crippen LogP contribution is -2.35. The highest BCUT2D eigenvalue weighted by atomic mass is 16.6. The maximum absolute atomic E-state index is 11.7. The number of benzene rings is 2. The zero-order valence-electron chi connectivity index (χ0n) is 17.6. The van der Waals surface area contributed by atoms with Crippen molar-refractivity contribution in [3.63, 3.8) is 0 Å². The summed E-state index contributed by atoms with van der Waals surface area (Å²) in [5.74, 6) is 0. The molecule has 158 valence electrons. The summed E-state index contributed by atoms with van der Waals surface area (Å²) in [6, 6.07) is 15.0. The third-order valence-corrected chi connectivity index (χ3v) is 3.79. The van der Waals surface area contributed by atoms with Crippen LogP contribution in [0.15, 0.2) is 48.5 Å². The smallest absolute Gasteiger partial charge is 0.410 e. The van der Waals surface area contributed by atoms with Crippen LogP contribution >= 0.6 is 0 Å². The third-order valence-electron chi connectivity index (χ3n) is 3.79. The zero-order valence-corrected chi connectivity index (χ0v) is 17.6. The molecule has 2 aromatic carbocycles. The number of nitrogens with one attached hydrogen (secondary N) is 1. The van der Waals surface area contributed by atoms with Crippen LogP contribution in [-0.4, -0.2) is 36.6 Å². The third kappa shape index (κ3) is 10.6. The first kappa shape index (κ1) is 23.8. The van der Waals surface area contributed by atoms with Crippen molar-refractivity contribution in [2.75, 3.05) is 25.1 Å². The zero-order chi connectivity index (χ0) is 21.9. The molecule has 7 nitrogen and oxygen atoms in total. The molecule has 2 rings (SSSR count). The van der Waals surface area contributed by atoms with Gasteiger partial charge in [-0.05, 0) is 62.6 Å². The van der Waals surface area contributed by atoms with Crippen molar-refractivity contribution in [3.05, 3.63) is 59.7 Å². The maximum atomic E-state index is 11.7. The minimum Gasteiger partial charge on any atom is -0.444 e. The Morgan fingerprint density at radius 1 is 1.00 bits per heavy atom. The molecule has 2 amide bonds. The molecular formula is C22H32N4O3. The van der Waals surface area contributed by atoms with Crippen molar-refractivity contribution in [1.29, 1.82) is 0 Å². The molecule has 2 aromatic rings. The summed E-state index contributed by atoms with van der Waals surface area (Å²) in [6.45, 7) is 6.76. The normalized spacial score (nSPS) is 10.3. The summed E-state index contributed by atoms with van der Waals surface area (Å²) in [7, 11) is 1.74. The molecule has 0 radical (unpaired) electrons. The van der Waals surface area contributed by atoms with Crippen LogP contribution in [0, 0.1) is 0 Å². The molecule has 0 aromatic heterocycles. The molecule has 0 aliphatic carbocycles. The monoisotopic (exact) mass is 400 g/mol. The standard InChI is InChI=1S/C14H22N2O2.C8H10N2O/c1-14(2,3)18-13(17)16(4)10-9-11-5-7-12(15)8-6-11;9-8-3-1-7(2-4-8)5-10-6-11/h5-8H,9-10,15H2,1-4H3;1-4,6H,5,9H2,(H,10,11). The number of nitrogens with zero attached hydrogens (tertiary/aromatic N) is 1. The van der Waals surface area contributed by atoms with Gasteiger partial charge >= 0.3 is 6.09 Å². The fourth-order valence-corrected chi connectivity index (χ4v) is 2.21. The highest BCUT2D eigenvalue weighted by Gasteiger charge is 2.19. The lowest BCUT2D eigenvalue weighted by Gasteiger charge is -2.24. The largest absolute Gasteiger partial charge is 0.444 e. The number of nitrogen functional groups attached to an aromatic ring is 2. The molecule has 0 fully saturated rings. The van der Waals surface area contributed by atoms with Gasteiger partial charge in [0.25, 0.3) is 0 Å². The van der Waals surface area contributed by atoms with Crippen molar-refractivity contribution < 1.29 is 14.3 Å². The Labute approximate surface area is 173 Å². The molecule has 0 atom stereocenters. The first-order valence-corrected chi connectivity index (χ1v) is 9.40. The van der Waals surface area contributed by atoms with E-state index in [2.05, 4.69) is 5.32 Å². The van der Waals surface area contributed by atoms with Crippen LogP contribution in [0.3, 0.4) is 0 Å². The second kappa shape index (κ2) is 11.6. The molecule has 7 heteroatoms. The summed E-state index contributed by atoms with van der Waals surface area (Å²) in [6.07, 6.45) is 1.17. The van der Waals surface area contributed by atoms with Crippen LogP contribution in [0.25, 0.3) is 0 Å². The number of rotatable bonds is 6. The van der Waals surface area contributed by atoms with Gasteiger partial charge in [0.05, 0.1) is 0 Å². The Morgan fingerprint density at radius 2 is 1.48 bits per heavy atom. The molecule has 0 unspecified atom stereocenters. The predicted molar refractivity (Wildman–Crippen MR) is 117 cm³/mol. The average Bonchev–Trinajstić information content (AvgIpc) is 2.66. The Hall–Kier alpha value is -3.22. The van der Waals surface area contributed by atoms with Gasteiger partial charge in [-0.25, -0.2) is 4.79 Å². The first-order chi connectivity index (χ1) is 13.6. The number of nitrogens with two attached hydrogens (primary N) is 2. The molecule has 0 aliphatic heterocycles. The van der Waals surface area contributed by atoms with Crippen LogP contribution in [0.5, 0.6) is 0 Å². The Kier molecular flexibility index (Phi) is 9.51. The summed E-state index contributed by atoms with van der Waals surface area (Å²) in [5.41, 5.74) is 14.3. The van der Waals surface area contributed by atoms with Crippen molar-refractivity contribution in [2.45, 2.75) is 39.3 Å². The molecule has 0 saturated heterocycles. The van der Waals surface area contributed by atoms with Gasteiger partial charge in [-0.1, -0.05) is 24.3 Å². The molecule has 0 bridgehead atoms. The molecule has 0 saturated carbocycles. The minimum atomic E-state index is -0.452. The van der Waals surface area contributed by atoms with Gasteiger partial charge < -0.3 is 26.4 Å². The Balaban J connectivity index is 0.000000326. The van der Waals surface area contributed by atoms with Gasteiger partial charge in [-0.3, -0.25) is 4.79 Å². The van der Waals surface area contributed by atoms with Gasteiger partial charge in [0.2, 0.25) is 6.41 Å². The second-order valence-corrected chi connectivity index (χ2v) is 7.63. The highest BCUT2D eigenvalue weighted by Crippen LogP contribution is 2.10. The van der Waals surface area contributed by atoms with E-state index < -0.39 is 5.60 Å². The molecule has 0 aliphatic rings. The van der Waals surface area contributed by atoms with Crippen LogP contribution in [0.1, 0.15) is 31.9 Å². The van der Waals surface area contributed by atoms with Gasteiger partial charge in [0.15, 0.2) is 0 Å². The van der Waals surface area contributed by atoms with Crippen LogP contribution in [-0.2, 0) is 22.5 Å². The summed E-state index contributed by atoms with van der Waals surface area (Å²) in [4.78, 5) is 23.2. The predicted octanol–water partition coefficient (Wildman–Crippen LogP) is 3.19. The van der Waals surface area contributed by atoms with E-state index in [-0.39, 0.29) is 6.09 Å². The van der Waals surface area contributed by atoms with Crippen molar-refractivity contribution in [1.82, 2.24) is 10.2 Å². The number of anilines is 2. The Morgan fingerprint density at radius 3 is 1.93 bits per heavy atom. The molecular weight excluding hydrogens is 368 g/mol. The van der Waals surface area contributed by atoms with Gasteiger partial charge in [-0.2, -0.15) is 0 Å². The summed E-state index contributed by atoms with van der Waals surface area (Å²) >= 11 is 0. The number of ether oxygens (including phenoxy) is 1. The number of carbonyl (C=O) groups is 2. The number of amides is 2. The van der Waals surface area contributed by atoms with E-state index in [0.717, 1.165) is 28.9 Å². The number of likely N-dealkylation sites (N-methyl/N-ethyl adjacent to an activating group) is 1. The SMILES string of the molecule is CN(CCc1ccc(N)cc1)C(=O)OC(C)(C)C.Nc1ccc(CNC=O)cc1. The van der Waals surface area contributed by atoms with E-state index in [9.17, 15) is 9.59 Å². The minimum absolute atomic E-state index is 0.294. The number of hydrogen-bond donors (Lipinski definition) is 3. The van der Waals surface area contributed by atoms with Crippen LogP contribution in [0.2, 0.25) is 0 Å². The van der Waals surface area contributed by atoms with E-state index in [0.29, 0.717) is 19.5 Å². The van der Waals surface area contributed by atoms with E-state index in [1.54, 1.807) is 11.9 Å². The van der Waals surface area contributed by atoms with Gasteiger partial charge in [0, 0.05) is 31.5 Å². The summed E-state index contributed by atoms with van der Waals surface area (Å²) in [5, 5.41) is 2.56. The molecule has 29 heavy (non-hydrogen) atoms. The highest BCUT2D eigenvalue weighted by molar-refractivity contribution is 5.67. The van der Waals surface area contributed by atoms with E-state index in [4.69, 9.17) is 16.2 Å². The van der Waals surface area contributed by atoms with Gasteiger partial charge in [0.1, 0.15) is 5.60 Å². The average molecular weight is 401 g/mol. The fraction of sp³-hybridized carbons (Fsp3) is 0.364. The summed E-state index contributed by atoms with van der Waals surface area (Å²) < 4.78 is 5.27. The van der Waals surface area contributed by atoms with Gasteiger partial charge in [-0.15, -0.1) is 0 Å². The van der Waals surface area contributed by atoms with Crippen LogP contribution < -0.4 is 16.8 Å². The lowest BCUT2D eigenvalue weighted by atomic mass is 10.1. The lowest BCUT2D eigenvalue weighted by molar-refractivity contribution is -0.109. The molecule has 0 heterocycles. The number of carbonyl (C=O) groups excluding carboxylic acids is 2. The van der Waals surface area contributed by atoms with Crippen LogP contribution in [0.4, 0.5) is 16.2 Å². The van der Waals surface area contributed by atoms with Crippen molar-refractivity contribution in [3.8, 4) is 0 Å². The maximum Gasteiger partial charge on any atom is 0.410 e. The van der Waals surface area contributed by atoms with E-state index in [1.807, 2.05) is 69.3 Å². The fourth-order valence-electron chi connectivity index (χ4n) is 2.21. The first-order valence-electron chi connectivity index (χ1n) is 9.40. The number of hydrogen-bond acceptors (Lipinski definition) is 5. The topological polar surface area (TPSA) is 111 Å². The van der Waals surface area contributed by atoms with E-state index >= 15 is 0 Å². The van der Waals surface area contributed by atoms with Crippen molar-refractivity contribution >= 4 is 23.9 Å². The quantitative estimate of drug-likeness (QED) is 0.509. The molecule has 0 spiro atoms. The van der Waals surface area contributed by atoms with E-state index in [1.165, 1.54) is 0 Å². The molecule has 5 N–H and O–H groups in total.